The highest BCUT2D eigenvalue weighted by molar-refractivity contribution is 9.10. The second-order valence-corrected chi connectivity index (χ2v) is 4.82. The third-order valence-electron chi connectivity index (χ3n) is 2.95. The summed E-state index contributed by atoms with van der Waals surface area (Å²) in [5, 5.41) is 18.5. The maximum Gasteiger partial charge on any atom is 0.333 e. The fourth-order valence-corrected chi connectivity index (χ4v) is 2.29. The third-order valence-corrected chi connectivity index (χ3v) is 3.44. The minimum absolute atomic E-state index is 0.560. The minimum atomic E-state index is -1.30. The van der Waals surface area contributed by atoms with E-state index in [1.54, 1.807) is 0 Å². The SMILES string of the molecule is O=C(O)C(O)C1(c2cccc(Br)c2)CC1. The normalized spacial score (nSPS) is 19.6. The third kappa shape index (κ3) is 1.79. The molecule has 1 aliphatic carbocycles. The number of carboxylic acid groups (broad SMARTS) is 1. The average Bonchev–Trinajstić information content (AvgIpc) is 2.97. The maximum atomic E-state index is 10.8. The van der Waals surface area contributed by atoms with Crippen LogP contribution in [0.4, 0.5) is 0 Å². The van der Waals surface area contributed by atoms with Crippen LogP contribution < -0.4 is 0 Å². The molecular formula is C11H11BrO3. The molecule has 1 aromatic carbocycles. The summed E-state index contributed by atoms with van der Waals surface area (Å²) in [6.07, 6.45) is 0.167. The molecule has 0 heterocycles. The van der Waals surface area contributed by atoms with Gasteiger partial charge in [-0.3, -0.25) is 0 Å². The summed E-state index contributed by atoms with van der Waals surface area (Å²) in [7, 11) is 0. The summed E-state index contributed by atoms with van der Waals surface area (Å²) in [5.74, 6) is -1.15. The molecular weight excluding hydrogens is 260 g/mol. The van der Waals surface area contributed by atoms with Crippen LogP contribution >= 0.6 is 15.9 Å². The molecule has 3 nitrogen and oxygen atoms in total. The molecule has 1 atom stereocenters. The van der Waals surface area contributed by atoms with Crippen LogP contribution in [0.3, 0.4) is 0 Å². The second-order valence-electron chi connectivity index (χ2n) is 3.91. The number of aliphatic hydroxyl groups is 1. The van der Waals surface area contributed by atoms with E-state index >= 15 is 0 Å². The topological polar surface area (TPSA) is 57.5 Å². The van der Waals surface area contributed by atoms with Gasteiger partial charge in [-0.1, -0.05) is 28.1 Å². The molecule has 15 heavy (non-hydrogen) atoms. The van der Waals surface area contributed by atoms with Crippen LogP contribution in [0.25, 0.3) is 0 Å². The molecule has 80 valence electrons. The Labute approximate surface area is 95.9 Å². The van der Waals surface area contributed by atoms with Gasteiger partial charge in [0.2, 0.25) is 0 Å². The molecule has 1 aliphatic rings. The molecule has 0 spiro atoms. The number of halogens is 1. The van der Waals surface area contributed by atoms with Gasteiger partial charge in [-0.15, -0.1) is 0 Å². The van der Waals surface area contributed by atoms with Gasteiger partial charge >= 0.3 is 5.97 Å². The van der Waals surface area contributed by atoms with Crippen LogP contribution in [0.2, 0.25) is 0 Å². The van der Waals surface area contributed by atoms with Crippen LogP contribution in [0.15, 0.2) is 28.7 Å². The van der Waals surface area contributed by atoms with Crippen molar-refractivity contribution in [3.05, 3.63) is 34.3 Å². The Morgan fingerprint density at radius 2 is 2.13 bits per heavy atom. The lowest BCUT2D eigenvalue weighted by molar-refractivity contribution is -0.148. The van der Waals surface area contributed by atoms with Crippen LogP contribution in [0.1, 0.15) is 18.4 Å². The molecule has 0 saturated heterocycles. The summed E-state index contributed by atoms with van der Waals surface area (Å²) in [5.41, 5.74) is 0.335. The molecule has 1 saturated carbocycles. The summed E-state index contributed by atoms with van der Waals surface area (Å²) in [6.45, 7) is 0. The first-order valence-electron chi connectivity index (χ1n) is 4.73. The van der Waals surface area contributed by atoms with Gasteiger partial charge in [-0.25, -0.2) is 4.79 Å². The molecule has 0 bridgehead atoms. The van der Waals surface area contributed by atoms with E-state index in [1.165, 1.54) is 0 Å². The van der Waals surface area contributed by atoms with Crippen LogP contribution in [-0.4, -0.2) is 22.3 Å². The molecule has 4 heteroatoms. The Kier molecular flexibility index (Phi) is 2.56. The number of hydrogen-bond acceptors (Lipinski definition) is 2. The van der Waals surface area contributed by atoms with Gasteiger partial charge in [-0.2, -0.15) is 0 Å². The van der Waals surface area contributed by atoms with E-state index in [1.807, 2.05) is 24.3 Å². The summed E-state index contributed by atoms with van der Waals surface area (Å²) in [4.78, 5) is 10.8. The highest BCUT2D eigenvalue weighted by Gasteiger charge is 2.53. The van der Waals surface area contributed by atoms with Gasteiger partial charge in [-0.05, 0) is 30.5 Å². The molecule has 0 radical (unpaired) electrons. The van der Waals surface area contributed by atoms with Gasteiger partial charge in [0.25, 0.3) is 0 Å². The quantitative estimate of drug-likeness (QED) is 0.883. The van der Waals surface area contributed by atoms with Crippen LogP contribution in [0.5, 0.6) is 0 Å². The molecule has 0 aliphatic heterocycles. The predicted molar refractivity (Wildman–Crippen MR) is 58.7 cm³/mol. The van der Waals surface area contributed by atoms with Gasteiger partial charge in [0.05, 0.1) is 0 Å². The monoisotopic (exact) mass is 270 g/mol. The fourth-order valence-electron chi connectivity index (χ4n) is 1.89. The number of carbonyl (C=O) groups is 1. The van der Waals surface area contributed by atoms with Crippen molar-refractivity contribution < 1.29 is 15.0 Å². The van der Waals surface area contributed by atoms with Crippen molar-refractivity contribution in [1.29, 1.82) is 0 Å². The van der Waals surface area contributed by atoms with Gasteiger partial charge < -0.3 is 10.2 Å². The Morgan fingerprint density at radius 3 is 2.60 bits per heavy atom. The lowest BCUT2D eigenvalue weighted by Crippen LogP contribution is -2.33. The predicted octanol–water partition coefficient (Wildman–Crippen LogP) is 1.93. The van der Waals surface area contributed by atoms with Crippen molar-refractivity contribution >= 4 is 21.9 Å². The van der Waals surface area contributed by atoms with Gasteiger partial charge in [0.15, 0.2) is 6.10 Å². The van der Waals surface area contributed by atoms with Gasteiger partial charge in [0.1, 0.15) is 0 Å². The Bertz CT molecular complexity index is 399. The first-order chi connectivity index (χ1) is 7.06. The van der Waals surface area contributed by atoms with E-state index in [4.69, 9.17) is 5.11 Å². The summed E-state index contributed by atoms with van der Waals surface area (Å²) < 4.78 is 0.906. The fraction of sp³-hybridized carbons (Fsp3) is 0.364. The van der Waals surface area contributed by atoms with Crippen LogP contribution in [-0.2, 0) is 10.2 Å². The highest BCUT2D eigenvalue weighted by Crippen LogP contribution is 2.51. The zero-order chi connectivity index (χ0) is 11.1. The number of aliphatic carboxylic acids is 1. The standard InChI is InChI=1S/C11H11BrO3/c12-8-3-1-2-7(6-8)11(4-5-11)9(13)10(14)15/h1-3,6,9,13H,4-5H2,(H,14,15). The molecule has 2 rings (SSSR count). The Balaban J connectivity index is 2.34. The highest BCUT2D eigenvalue weighted by atomic mass is 79.9. The van der Waals surface area contributed by atoms with Crippen molar-refractivity contribution in [3.63, 3.8) is 0 Å². The van der Waals surface area contributed by atoms with E-state index < -0.39 is 17.5 Å². The number of hydrogen-bond donors (Lipinski definition) is 2. The van der Waals surface area contributed by atoms with E-state index in [-0.39, 0.29) is 0 Å². The second kappa shape index (κ2) is 3.61. The van der Waals surface area contributed by atoms with E-state index in [0.717, 1.165) is 22.9 Å². The maximum absolute atomic E-state index is 10.8. The molecule has 2 N–H and O–H groups in total. The summed E-state index contributed by atoms with van der Waals surface area (Å²) in [6, 6.07) is 7.48. The van der Waals surface area contributed by atoms with Crippen molar-refractivity contribution in [3.8, 4) is 0 Å². The van der Waals surface area contributed by atoms with Gasteiger partial charge in [0, 0.05) is 9.89 Å². The summed E-state index contributed by atoms with van der Waals surface area (Å²) >= 11 is 3.34. The lowest BCUT2D eigenvalue weighted by Gasteiger charge is -2.19. The average molecular weight is 271 g/mol. The Hall–Kier alpha value is -0.870. The zero-order valence-electron chi connectivity index (χ0n) is 7.98. The lowest BCUT2D eigenvalue weighted by atomic mass is 9.90. The largest absolute Gasteiger partial charge is 0.479 e. The Morgan fingerprint density at radius 1 is 1.47 bits per heavy atom. The van der Waals surface area contributed by atoms with Crippen LogP contribution in [0, 0.1) is 0 Å². The minimum Gasteiger partial charge on any atom is -0.479 e. The van der Waals surface area contributed by atoms with Crippen molar-refractivity contribution in [2.24, 2.45) is 0 Å². The first kappa shape index (κ1) is 10.6. The number of carboxylic acids is 1. The smallest absolute Gasteiger partial charge is 0.333 e. The number of rotatable bonds is 3. The molecule has 0 aromatic heterocycles. The molecule has 1 fully saturated rings. The van der Waals surface area contributed by atoms with E-state index in [9.17, 15) is 9.90 Å². The zero-order valence-corrected chi connectivity index (χ0v) is 9.57. The number of benzene rings is 1. The molecule has 0 amide bonds. The van der Waals surface area contributed by atoms with Crippen molar-refractivity contribution in [2.75, 3.05) is 0 Å². The molecule has 1 aromatic rings. The first-order valence-corrected chi connectivity index (χ1v) is 5.52. The van der Waals surface area contributed by atoms with Crippen molar-refractivity contribution in [2.45, 2.75) is 24.4 Å². The van der Waals surface area contributed by atoms with E-state index in [2.05, 4.69) is 15.9 Å². The number of aliphatic hydroxyl groups excluding tert-OH is 1. The molecule has 1 unspecified atom stereocenters. The van der Waals surface area contributed by atoms with Crippen molar-refractivity contribution in [1.82, 2.24) is 0 Å². The van der Waals surface area contributed by atoms with E-state index in [0.29, 0.717) is 0 Å².